The lowest BCUT2D eigenvalue weighted by Gasteiger charge is -2.45. The monoisotopic (exact) mass is 777 g/mol. The van der Waals surface area contributed by atoms with Crippen molar-refractivity contribution in [3.63, 3.8) is 0 Å². The largest absolute Gasteiger partial charge is 0.313 e. The Morgan fingerprint density at radius 1 is 0.417 bits per heavy atom. The van der Waals surface area contributed by atoms with E-state index in [4.69, 9.17) is 4.98 Å². The number of hydrogen-bond donors (Lipinski definition) is 0. The van der Waals surface area contributed by atoms with E-state index in [1.54, 1.807) is 0 Å². The number of hydrogen-bond acceptors (Lipinski definition) is 2. The lowest BCUT2D eigenvalue weighted by molar-refractivity contribution is 1.19. The van der Waals surface area contributed by atoms with Crippen LogP contribution in [-0.4, -0.2) is 22.8 Å². The minimum atomic E-state index is 0.0522. The molecule has 0 saturated carbocycles. The van der Waals surface area contributed by atoms with Crippen LogP contribution in [0.2, 0.25) is 0 Å². The van der Waals surface area contributed by atoms with Crippen molar-refractivity contribution in [2.75, 3.05) is 4.90 Å². The molecule has 0 amide bonds. The normalized spacial score (nSPS) is 12.9. The predicted molar refractivity (Wildman–Crippen MR) is 260 cm³/mol. The summed E-state index contributed by atoms with van der Waals surface area (Å²) in [6.07, 6.45) is 4.19. The van der Waals surface area contributed by atoms with Crippen molar-refractivity contribution in [3.05, 3.63) is 170 Å². The highest BCUT2D eigenvalue weighted by Crippen LogP contribution is 2.40. The number of benzene rings is 6. The van der Waals surface area contributed by atoms with Crippen LogP contribution in [0.4, 0.5) is 17.1 Å². The summed E-state index contributed by atoms with van der Waals surface area (Å²) in [6, 6.07) is 34.8. The molecule has 0 unspecified atom stereocenters. The van der Waals surface area contributed by atoms with Gasteiger partial charge in [-0.25, -0.2) is 4.98 Å². The van der Waals surface area contributed by atoms with Crippen LogP contribution < -0.4 is 37.7 Å². The molecule has 0 saturated heterocycles. The third kappa shape index (κ3) is 5.47. The molecular weight excluding hydrogens is 724 g/mol. The van der Waals surface area contributed by atoms with Crippen LogP contribution in [0.15, 0.2) is 103 Å². The van der Waals surface area contributed by atoms with Crippen LogP contribution in [0.5, 0.6) is 0 Å². The highest BCUT2D eigenvalue weighted by Gasteiger charge is 2.45. The number of fused-ring (bicyclic) bond motifs is 5. The van der Waals surface area contributed by atoms with E-state index in [1.807, 2.05) is 6.07 Å². The molecule has 4 heterocycles. The molecular formula is C55H53B2N3. The van der Waals surface area contributed by atoms with Crippen LogP contribution in [0.25, 0.3) is 28.0 Å². The summed E-state index contributed by atoms with van der Waals surface area (Å²) in [5, 5.41) is 0. The Kier molecular flexibility index (Phi) is 8.74. The Hall–Kier alpha value is -6.06. The second-order valence-electron chi connectivity index (χ2n) is 18.1. The van der Waals surface area contributed by atoms with Gasteiger partial charge >= 0.3 is 0 Å². The predicted octanol–water partition coefficient (Wildman–Crippen LogP) is 9.50. The maximum absolute atomic E-state index is 4.96. The average Bonchev–Trinajstić information content (AvgIpc) is 3.69. The number of aromatic nitrogens is 2. The van der Waals surface area contributed by atoms with Gasteiger partial charge in [0.1, 0.15) is 5.65 Å². The van der Waals surface area contributed by atoms with Crippen molar-refractivity contribution in [1.29, 1.82) is 0 Å². The molecule has 0 aliphatic carbocycles. The maximum atomic E-state index is 4.96. The number of aryl methyl sites for hydroxylation is 2. The topological polar surface area (TPSA) is 20.5 Å². The SMILES string of the molecule is Cc1ccc2c(c1)B(c1c(C)c(C)c(C)c(C)c1C)c1cc(-c3ccc(-c4cn5ccccc5n4)cc3)cc3c1N2c1ccc(C)cc1B3c1c(C)c(C)c(C)c(C)c1C. The summed E-state index contributed by atoms with van der Waals surface area (Å²) in [6.45, 7) is 28.0. The number of anilines is 3. The molecule has 8 aromatic rings. The maximum Gasteiger partial charge on any atom is 0.247 e. The van der Waals surface area contributed by atoms with Crippen LogP contribution in [0.1, 0.15) is 66.8 Å². The standard InChI is InChI=1S/C55H53B2N3/c1-30-16-22-50-45(25-30)56(53-38(9)34(5)32(3)35(6)39(53)10)47-27-44(42-18-20-43(21-19-42)49-29-59-24-14-13-15-52(59)58-49)28-48-55(47)60(50)51-23-17-31(2)26-46(51)57(48)54-40(11)36(7)33(4)37(8)41(54)12/h13-29H,1-12H3. The number of nitrogens with zero attached hydrogens (tertiary/aromatic N) is 3. The van der Waals surface area contributed by atoms with Gasteiger partial charge in [0, 0.05) is 35.0 Å². The molecule has 2 aromatic heterocycles. The van der Waals surface area contributed by atoms with E-state index in [0.29, 0.717) is 0 Å². The van der Waals surface area contributed by atoms with E-state index in [0.717, 1.165) is 16.9 Å². The van der Waals surface area contributed by atoms with Crippen molar-refractivity contribution in [2.45, 2.75) is 83.1 Å². The fourth-order valence-electron chi connectivity index (χ4n) is 10.9. The molecule has 0 fully saturated rings. The molecule has 294 valence electrons. The summed E-state index contributed by atoms with van der Waals surface area (Å²) in [5.41, 5.74) is 34.4. The van der Waals surface area contributed by atoms with Crippen molar-refractivity contribution in [1.82, 2.24) is 9.38 Å². The van der Waals surface area contributed by atoms with Gasteiger partial charge < -0.3 is 9.30 Å². The Morgan fingerprint density at radius 3 is 1.33 bits per heavy atom. The minimum absolute atomic E-state index is 0.0522. The molecule has 0 N–H and O–H groups in total. The summed E-state index contributed by atoms with van der Waals surface area (Å²) in [4.78, 5) is 7.59. The van der Waals surface area contributed by atoms with E-state index >= 15 is 0 Å². The number of pyridine rings is 1. The molecule has 5 heteroatoms. The highest BCUT2D eigenvalue weighted by molar-refractivity contribution is 7.02. The summed E-state index contributed by atoms with van der Waals surface area (Å²) in [5.74, 6) is 0. The molecule has 60 heavy (non-hydrogen) atoms. The van der Waals surface area contributed by atoms with E-state index in [1.165, 1.54) is 128 Å². The van der Waals surface area contributed by atoms with Crippen molar-refractivity contribution >= 4 is 68.9 Å². The zero-order valence-electron chi connectivity index (χ0n) is 37.3. The van der Waals surface area contributed by atoms with Crippen LogP contribution in [0.3, 0.4) is 0 Å². The van der Waals surface area contributed by atoms with Gasteiger partial charge in [0.2, 0.25) is 13.4 Å². The molecule has 0 bridgehead atoms. The molecule has 0 spiro atoms. The molecule has 0 atom stereocenters. The van der Waals surface area contributed by atoms with Crippen molar-refractivity contribution in [3.8, 4) is 22.4 Å². The zero-order valence-corrected chi connectivity index (χ0v) is 37.3. The minimum Gasteiger partial charge on any atom is -0.313 e. The average molecular weight is 778 g/mol. The van der Waals surface area contributed by atoms with Gasteiger partial charge in [-0.15, -0.1) is 0 Å². The smallest absolute Gasteiger partial charge is 0.247 e. The molecule has 6 aromatic carbocycles. The summed E-state index contributed by atoms with van der Waals surface area (Å²) < 4.78 is 2.10. The third-order valence-electron chi connectivity index (χ3n) is 15.1. The molecule has 3 nitrogen and oxygen atoms in total. The first-order valence-electron chi connectivity index (χ1n) is 21.6. The lowest BCUT2D eigenvalue weighted by atomic mass is 9.29. The van der Waals surface area contributed by atoms with Gasteiger partial charge in [-0.1, -0.05) is 111 Å². The first-order valence-corrected chi connectivity index (χ1v) is 21.6. The second kappa shape index (κ2) is 13.7. The van der Waals surface area contributed by atoms with Crippen LogP contribution >= 0.6 is 0 Å². The molecule has 10 rings (SSSR count). The van der Waals surface area contributed by atoms with Gasteiger partial charge in [-0.05, 0) is 174 Å². The first-order chi connectivity index (χ1) is 28.7. The van der Waals surface area contributed by atoms with Gasteiger partial charge in [0.25, 0.3) is 0 Å². The van der Waals surface area contributed by atoms with Crippen molar-refractivity contribution < 1.29 is 0 Å². The molecule has 2 aliphatic rings. The molecule has 2 aliphatic heterocycles. The van der Waals surface area contributed by atoms with E-state index < -0.39 is 0 Å². The second-order valence-corrected chi connectivity index (χ2v) is 18.1. The lowest BCUT2D eigenvalue weighted by Crippen LogP contribution is -2.66. The Balaban J connectivity index is 1.32. The van der Waals surface area contributed by atoms with Crippen LogP contribution in [-0.2, 0) is 0 Å². The fraction of sp³-hybridized carbons (Fsp3) is 0.218. The van der Waals surface area contributed by atoms with Gasteiger partial charge in [0.15, 0.2) is 0 Å². The summed E-state index contributed by atoms with van der Waals surface area (Å²) in [7, 11) is 0. The van der Waals surface area contributed by atoms with E-state index in [2.05, 4.69) is 190 Å². The molecule has 0 radical (unpaired) electrons. The van der Waals surface area contributed by atoms with Crippen molar-refractivity contribution in [2.24, 2.45) is 0 Å². The number of imidazole rings is 1. The fourth-order valence-corrected chi connectivity index (χ4v) is 10.9. The highest BCUT2D eigenvalue weighted by atomic mass is 15.2. The zero-order chi connectivity index (χ0) is 42.0. The quantitative estimate of drug-likeness (QED) is 0.166. The first kappa shape index (κ1) is 38.2. The third-order valence-corrected chi connectivity index (χ3v) is 15.1. The van der Waals surface area contributed by atoms with Gasteiger partial charge in [-0.3, -0.25) is 0 Å². The Morgan fingerprint density at radius 2 is 0.867 bits per heavy atom. The van der Waals surface area contributed by atoms with Crippen LogP contribution in [0, 0.1) is 83.1 Å². The van der Waals surface area contributed by atoms with Gasteiger partial charge in [0.05, 0.1) is 5.69 Å². The summed E-state index contributed by atoms with van der Waals surface area (Å²) >= 11 is 0. The Bertz CT molecular complexity index is 2890. The van der Waals surface area contributed by atoms with Gasteiger partial charge in [-0.2, -0.15) is 0 Å². The van der Waals surface area contributed by atoms with E-state index in [9.17, 15) is 0 Å². The number of rotatable bonds is 4. The Labute approximate surface area is 357 Å². The van der Waals surface area contributed by atoms with E-state index in [-0.39, 0.29) is 13.4 Å².